The van der Waals surface area contributed by atoms with Gasteiger partial charge in [-0.2, -0.15) is 33.3 Å². The number of alkyl halides is 3. The van der Waals surface area contributed by atoms with Gasteiger partial charge in [0.05, 0.1) is 41.4 Å². The number of aromatic amines is 4. The fraction of sp³-hybridized carbons (Fsp3) is 0.345. The number of rotatable bonds is 13. The van der Waals surface area contributed by atoms with Crippen LogP contribution in [-0.2, 0) is 40.0 Å². The Morgan fingerprint density at radius 1 is 0.684 bits per heavy atom. The Bertz CT molecular complexity index is 3830. The number of anilines is 4. The SMILES string of the molecule is CCN1Cc2nc(-c3ccc(-c4nc(Nc5ccc6[nH]ncc6c5C5CC5c5cc(Nc6nc(-c7ccc(-c8nc9c([nH]8)CCN(CC(F)(F)F)C9)cc7)nn6C)c(C6CC6)c6cn[nH]c56)n(C)n4)cc3)[nH]c2CC1C. The Labute approximate surface area is 434 Å². The summed E-state index contributed by atoms with van der Waals surface area (Å²) in [5.74, 6) is 4.66. The van der Waals surface area contributed by atoms with Crippen LogP contribution >= 0.6 is 0 Å². The Hall–Kier alpha value is -8.17. The molecule has 8 heterocycles. The molecule has 0 saturated heterocycles. The Balaban J connectivity index is 0.716. The van der Waals surface area contributed by atoms with E-state index in [1.807, 2.05) is 50.8 Å². The lowest BCUT2D eigenvalue weighted by Crippen LogP contribution is -2.38. The van der Waals surface area contributed by atoms with Crippen LogP contribution in [0.3, 0.4) is 0 Å². The molecule has 6 N–H and O–H groups in total. The largest absolute Gasteiger partial charge is 0.401 e. The Morgan fingerprint density at radius 2 is 1.30 bits per heavy atom. The number of hydrogen-bond acceptors (Lipinski definition) is 12. The predicted molar refractivity (Wildman–Crippen MR) is 283 cm³/mol. The van der Waals surface area contributed by atoms with Crippen molar-refractivity contribution in [3.63, 3.8) is 0 Å². The lowest BCUT2D eigenvalue weighted by Gasteiger charge is -2.31. The molecule has 2 aliphatic heterocycles. The molecule has 18 nitrogen and oxygen atoms in total. The first kappa shape index (κ1) is 46.4. The zero-order valence-corrected chi connectivity index (χ0v) is 42.4. The van der Waals surface area contributed by atoms with Gasteiger partial charge in [0.2, 0.25) is 11.9 Å². The second kappa shape index (κ2) is 17.7. The van der Waals surface area contributed by atoms with E-state index in [4.69, 9.17) is 30.1 Å². The van der Waals surface area contributed by atoms with Crippen LogP contribution < -0.4 is 10.6 Å². The van der Waals surface area contributed by atoms with Crippen molar-refractivity contribution >= 4 is 45.1 Å². The van der Waals surface area contributed by atoms with Gasteiger partial charge in [-0.05, 0) is 85.4 Å². The molecule has 14 rings (SSSR count). The summed E-state index contributed by atoms with van der Waals surface area (Å²) in [6.07, 6.45) is 4.19. The van der Waals surface area contributed by atoms with Crippen LogP contribution in [0.5, 0.6) is 0 Å². The van der Waals surface area contributed by atoms with Crippen LogP contribution in [0.1, 0.15) is 90.3 Å². The number of nitrogens with zero attached hydrogens (tertiary/aromatic N) is 12. The molecule has 4 aliphatic rings. The molecule has 386 valence electrons. The van der Waals surface area contributed by atoms with E-state index >= 15 is 0 Å². The quantitative estimate of drug-likeness (QED) is 0.0638. The average molecular weight is 1030 g/mol. The Kier molecular flexibility index (Phi) is 10.8. The molecular formula is C55H55F3N18. The highest BCUT2D eigenvalue weighted by atomic mass is 19.4. The normalized spacial score (nSPS) is 18.9. The minimum absolute atomic E-state index is 0.160. The standard InChI is InChI=1S/C55H55F3N18/c1-5-76-26-45-42(20-28(76)2)62-50(64-45)31-10-14-32(15-11-31)51-67-53(73(3)71-51)65-41-17-16-39-37(23-59-69-39)47(41)35-21-34(35)36-22-43(46(29-6-7-29)38-24-60-70-48(36)38)66-54-68-52(72-74(54)4)33-12-8-30(9-13-33)49-61-40-18-19-75(25-44(40)63-49)27-55(56,57)58/h8-17,22-24,28-29,34-35H,5-7,18-21,25-27H2,1-4H3,(H,59,69)(H,60,70)(H,61,63)(H,62,64)(H,65,67,71)(H,66,68,72). The topological polar surface area (TPSA) is 207 Å². The van der Waals surface area contributed by atoms with E-state index in [1.54, 1.807) is 9.36 Å². The summed E-state index contributed by atoms with van der Waals surface area (Å²) >= 11 is 0. The van der Waals surface area contributed by atoms with Gasteiger partial charge in [-0.3, -0.25) is 20.0 Å². The highest BCUT2D eigenvalue weighted by Gasteiger charge is 2.44. The van der Waals surface area contributed by atoms with E-state index in [-0.39, 0.29) is 18.4 Å². The molecule has 21 heteroatoms. The van der Waals surface area contributed by atoms with Crippen molar-refractivity contribution in [2.75, 3.05) is 30.3 Å². The number of aromatic nitrogens is 14. The lowest BCUT2D eigenvalue weighted by molar-refractivity contribution is -0.147. The number of fused-ring (bicyclic) bond motifs is 4. The molecule has 3 atom stereocenters. The number of imidazole rings is 2. The molecular weight excluding hydrogens is 970 g/mol. The van der Waals surface area contributed by atoms with E-state index < -0.39 is 12.7 Å². The molecule has 0 amide bonds. The van der Waals surface area contributed by atoms with E-state index in [1.165, 1.54) is 27.3 Å². The molecule has 3 unspecified atom stereocenters. The van der Waals surface area contributed by atoms with Crippen LogP contribution in [0.25, 0.3) is 67.4 Å². The first-order valence-electron chi connectivity index (χ1n) is 26.1. The summed E-state index contributed by atoms with van der Waals surface area (Å²) in [5, 5.41) is 35.0. The smallest absolute Gasteiger partial charge is 0.342 e. The molecule has 4 aromatic carbocycles. The van der Waals surface area contributed by atoms with Crippen molar-refractivity contribution in [1.82, 2.24) is 79.7 Å². The first-order valence-corrected chi connectivity index (χ1v) is 26.1. The number of benzene rings is 4. The number of aryl methyl sites for hydroxylation is 2. The van der Waals surface area contributed by atoms with Crippen molar-refractivity contribution in [3.8, 4) is 45.6 Å². The summed E-state index contributed by atoms with van der Waals surface area (Å²) < 4.78 is 42.9. The third kappa shape index (κ3) is 8.37. The van der Waals surface area contributed by atoms with Gasteiger partial charge in [-0.1, -0.05) is 55.5 Å². The minimum Gasteiger partial charge on any atom is -0.342 e. The van der Waals surface area contributed by atoms with Crippen LogP contribution in [0.4, 0.5) is 36.4 Å². The maximum absolute atomic E-state index is 13.1. The molecule has 0 bridgehead atoms. The Morgan fingerprint density at radius 3 is 1.96 bits per heavy atom. The summed E-state index contributed by atoms with van der Waals surface area (Å²) in [6, 6.07) is 23.0. The van der Waals surface area contributed by atoms with Gasteiger partial charge in [0.1, 0.15) is 11.6 Å². The minimum atomic E-state index is -4.25. The second-order valence-corrected chi connectivity index (χ2v) is 21.1. The lowest BCUT2D eigenvalue weighted by atomic mass is 9.94. The fourth-order valence-electron chi connectivity index (χ4n) is 11.7. The molecule has 0 spiro atoms. The fourth-order valence-corrected chi connectivity index (χ4v) is 11.7. The van der Waals surface area contributed by atoms with Gasteiger partial charge >= 0.3 is 6.18 Å². The van der Waals surface area contributed by atoms with Crippen LogP contribution in [0.15, 0.2) is 79.1 Å². The maximum Gasteiger partial charge on any atom is 0.401 e. The molecule has 2 saturated carbocycles. The highest BCUT2D eigenvalue weighted by Crippen LogP contribution is 2.60. The summed E-state index contributed by atoms with van der Waals surface area (Å²) in [6.45, 7) is 5.89. The van der Waals surface area contributed by atoms with Gasteiger partial charge in [-0.15, -0.1) is 10.2 Å². The van der Waals surface area contributed by atoms with Crippen molar-refractivity contribution in [2.45, 2.75) is 89.0 Å². The van der Waals surface area contributed by atoms with Crippen molar-refractivity contribution in [1.29, 1.82) is 0 Å². The molecule has 2 aliphatic carbocycles. The van der Waals surface area contributed by atoms with Crippen LogP contribution in [0.2, 0.25) is 0 Å². The van der Waals surface area contributed by atoms with Gasteiger partial charge in [0.25, 0.3) is 0 Å². The zero-order chi connectivity index (χ0) is 51.6. The molecule has 0 radical (unpaired) electrons. The molecule has 6 aromatic heterocycles. The van der Waals surface area contributed by atoms with Crippen molar-refractivity contribution < 1.29 is 13.2 Å². The van der Waals surface area contributed by atoms with Gasteiger partial charge < -0.3 is 20.6 Å². The first-order chi connectivity index (χ1) is 36.9. The molecule has 2 fully saturated rings. The average Bonchev–Trinajstić information content (AvgIpc) is 3.97. The van der Waals surface area contributed by atoms with E-state index in [0.717, 1.165) is 111 Å². The zero-order valence-electron chi connectivity index (χ0n) is 42.4. The van der Waals surface area contributed by atoms with Gasteiger partial charge in [-0.25, -0.2) is 19.3 Å². The number of likely N-dealkylation sites (N-methyl/N-ethyl adjacent to an activating group) is 1. The molecule has 10 aromatic rings. The highest BCUT2D eigenvalue weighted by molar-refractivity contribution is 5.94. The van der Waals surface area contributed by atoms with E-state index in [9.17, 15) is 13.2 Å². The number of halogens is 3. The molecule has 76 heavy (non-hydrogen) atoms. The summed E-state index contributed by atoms with van der Waals surface area (Å²) in [4.78, 5) is 30.5. The van der Waals surface area contributed by atoms with E-state index in [0.29, 0.717) is 60.0 Å². The van der Waals surface area contributed by atoms with Crippen LogP contribution in [0, 0.1) is 0 Å². The number of nitrogens with one attached hydrogen (secondary N) is 6. The third-order valence-electron chi connectivity index (χ3n) is 15.9. The maximum atomic E-state index is 13.1. The van der Waals surface area contributed by atoms with E-state index in [2.05, 4.69) is 102 Å². The second-order valence-electron chi connectivity index (χ2n) is 21.1. The van der Waals surface area contributed by atoms with Gasteiger partial charge in [0, 0.05) is 108 Å². The van der Waals surface area contributed by atoms with Gasteiger partial charge in [0.15, 0.2) is 11.6 Å². The van der Waals surface area contributed by atoms with Crippen LogP contribution in [-0.4, -0.2) is 112 Å². The third-order valence-corrected chi connectivity index (χ3v) is 15.9. The number of hydrogen-bond donors (Lipinski definition) is 6. The summed E-state index contributed by atoms with van der Waals surface area (Å²) in [5.41, 5.74) is 15.0. The monoisotopic (exact) mass is 1020 g/mol. The van der Waals surface area contributed by atoms with Crippen molar-refractivity contribution in [2.24, 2.45) is 14.1 Å². The number of H-pyrrole nitrogens is 4. The predicted octanol–water partition coefficient (Wildman–Crippen LogP) is 10.1. The summed E-state index contributed by atoms with van der Waals surface area (Å²) in [7, 11) is 3.80. The van der Waals surface area contributed by atoms with Crippen molar-refractivity contribution in [3.05, 3.63) is 119 Å².